The van der Waals surface area contributed by atoms with Crippen LogP contribution in [0.1, 0.15) is 50.5 Å². The second-order valence-electron chi connectivity index (χ2n) is 6.53. The quantitative estimate of drug-likeness (QED) is 0.861. The van der Waals surface area contributed by atoms with E-state index in [9.17, 15) is 0 Å². The Morgan fingerprint density at radius 3 is 2.75 bits per heavy atom. The molecule has 2 saturated carbocycles. The fraction of sp³-hybridized carbons (Fsp3) is 0.706. The topological polar surface area (TPSA) is 28.2 Å². The predicted octanol–water partition coefficient (Wildman–Crippen LogP) is 3.35. The zero-order chi connectivity index (χ0) is 13.8. The summed E-state index contributed by atoms with van der Waals surface area (Å²) in [7, 11) is 2.21. The standard InChI is InChI=1S/C17H27N3/c1-20(13-14-6-3-2-4-7-14)17-15(8-5-11-18-17)12-19-16-9-10-16/h5,8,11,14,16,19H,2-4,6-7,9-10,12-13H2,1H3. The first-order valence-electron chi connectivity index (χ1n) is 8.21. The third kappa shape index (κ3) is 3.72. The Bertz CT molecular complexity index is 422. The van der Waals surface area contributed by atoms with E-state index < -0.39 is 0 Å². The molecule has 2 fully saturated rings. The molecule has 20 heavy (non-hydrogen) atoms. The van der Waals surface area contributed by atoms with Crippen LogP contribution in [-0.2, 0) is 6.54 Å². The smallest absolute Gasteiger partial charge is 0.132 e. The molecule has 3 nitrogen and oxygen atoms in total. The summed E-state index contributed by atoms with van der Waals surface area (Å²) in [5, 5.41) is 3.61. The summed E-state index contributed by atoms with van der Waals surface area (Å²) in [6, 6.07) is 5.03. The molecule has 0 aliphatic heterocycles. The molecule has 2 aliphatic carbocycles. The third-order valence-electron chi connectivity index (χ3n) is 4.64. The molecule has 1 aromatic heterocycles. The summed E-state index contributed by atoms with van der Waals surface area (Å²) in [6.45, 7) is 2.12. The molecule has 0 spiro atoms. The van der Waals surface area contributed by atoms with Crippen LogP contribution in [0.3, 0.4) is 0 Å². The van der Waals surface area contributed by atoms with Crippen LogP contribution in [0.15, 0.2) is 18.3 Å². The van der Waals surface area contributed by atoms with Crippen molar-refractivity contribution in [3.8, 4) is 0 Å². The Kier molecular flexibility index (Phi) is 4.56. The van der Waals surface area contributed by atoms with Crippen LogP contribution in [-0.4, -0.2) is 24.6 Å². The number of hydrogen-bond acceptors (Lipinski definition) is 3. The molecular weight excluding hydrogens is 246 g/mol. The van der Waals surface area contributed by atoms with Crippen molar-refractivity contribution in [3.05, 3.63) is 23.9 Å². The summed E-state index contributed by atoms with van der Waals surface area (Å²) in [5.74, 6) is 2.03. The highest BCUT2D eigenvalue weighted by molar-refractivity contribution is 5.46. The maximum absolute atomic E-state index is 4.63. The zero-order valence-corrected chi connectivity index (χ0v) is 12.6. The minimum absolute atomic E-state index is 0.756. The second kappa shape index (κ2) is 6.57. The first kappa shape index (κ1) is 13.9. The van der Waals surface area contributed by atoms with Gasteiger partial charge in [-0.25, -0.2) is 4.98 Å². The summed E-state index contributed by atoms with van der Waals surface area (Å²) in [6.07, 6.45) is 11.7. The van der Waals surface area contributed by atoms with Gasteiger partial charge in [0.25, 0.3) is 0 Å². The third-order valence-corrected chi connectivity index (χ3v) is 4.64. The van der Waals surface area contributed by atoms with Crippen molar-refractivity contribution in [2.45, 2.75) is 57.5 Å². The van der Waals surface area contributed by atoms with E-state index in [4.69, 9.17) is 0 Å². The van der Waals surface area contributed by atoms with Crippen molar-refractivity contribution < 1.29 is 0 Å². The number of nitrogens with zero attached hydrogens (tertiary/aromatic N) is 2. The normalized spacial score (nSPS) is 20.1. The van der Waals surface area contributed by atoms with Crippen molar-refractivity contribution in [2.75, 3.05) is 18.5 Å². The summed E-state index contributed by atoms with van der Waals surface area (Å²) in [5.41, 5.74) is 1.35. The van der Waals surface area contributed by atoms with Crippen molar-refractivity contribution in [3.63, 3.8) is 0 Å². The van der Waals surface area contributed by atoms with Gasteiger partial charge in [-0.3, -0.25) is 0 Å². The van der Waals surface area contributed by atoms with Gasteiger partial charge in [0.1, 0.15) is 5.82 Å². The highest BCUT2D eigenvalue weighted by Crippen LogP contribution is 2.27. The van der Waals surface area contributed by atoms with Gasteiger partial charge in [-0.1, -0.05) is 25.3 Å². The van der Waals surface area contributed by atoms with Gasteiger partial charge in [0.15, 0.2) is 0 Å². The number of aromatic nitrogens is 1. The van der Waals surface area contributed by atoms with E-state index in [-0.39, 0.29) is 0 Å². The SMILES string of the molecule is CN(CC1CCCCC1)c1ncccc1CNC1CC1. The number of pyridine rings is 1. The molecule has 0 aromatic carbocycles. The van der Waals surface area contributed by atoms with E-state index in [1.807, 2.05) is 6.20 Å². The number of nitrogens with one attached hydrogen (secondary N) is 1. The number of rotatable bonds is 6. The molecule has 0 amide bonds. The lowest BCUT2D eigenvalue weighted by molar-refractivity contribution is 0.361. The molecule has 2 aliphatic rings. The van der Waals surface area contributed by atoms with Gasteiger partial charge in [0.05, 0.1) is 0 Å². The van der Waals surface area contributed by atoms with Gasteiger partial charge in [0, 0.05) is 37.9 Å². The van der Waals surface area contributed by atoms with Crippen LogP contribution >= 0.6 is 0 Å². The van der Waals surface area contributed by atoms with Crippen molar-refractivity contribution in [2.24, 2.45) is 5.92 Å². The lowest BCUT2D eigenvalue weighted by Crippen LogP contribution is -2.29. The molecular formula is C17H27N3. The molecule has 1 aromatic rings. The van der Waals surface area contributed by atoms with E-state index in [0.29, 0.717) is 0 Å². The lowest BCUT2D eigenvalue weighted by atomic mass is 9.89. The van der Waals surface area contributed by atoms with Crippen molar-refractivity contribution in [1.82, 2.24) is 10.3 Å². The molecule has 0 unspecified atom stereocenters. The van der Waals surface area contributed by atoms with E-state index in [1.54, 1.807) is 0 Å². The van der Waals surface area contributed by atoms with E-state index in [1.165, 1.54) is 56.3 Å². The van der Waals surface area contributed by atoms with Gasteiger partial charge >= 0.3 is 0 Å². The second-order valence-corrected chi connectivity index (χ2v) is 6.53. The molecule has 110 valence electrons. The van der Waals surface area contributed by atoms with Crippen LogP contribution in [0.5, 0.6) is 0 Å². The Hall–Kier alpha value is -1.09. The molecule has 1 N–H and O–H groups in total. The molecule has 0 radical (unpaired) electrons. The first-order chi connectivity index (χ1) is 9.83. The van der Waals surface area contributed by atoms with E-state index in [2.05, 4.69) is 34.4 Å². The van der Waals surface area contributed by atoms with Gasteiger partial charge < -0.3 is 10.2 Å². The van der Waals surface area contributed by atoms with Crippen LogP contribution < -0.4 is 10.2 Å². The Balaban J connectivity index is 1.61. The molecule has 1 heterocycles. The van der Waals surface area contributed by atoms with Crippen LogP contribution in [0.2, 0.25) is 0 Å². The largest absolute Gasteiger partial charge is 0.359 e. The maximum atomic E-state index is 4.63. The zero-order valence-electron chi connectivity index (χ0n) is 12.6. The van der Waals surface area contributed by atoms with Gasteiger partial charge in [0.2, 0.25) is 0 Å². The molecule has 3 heteroatoms. The highest BCUT2D eigenvalue weighted by atomic mass is 15.2. The number of hydrogen-bond donors (Lipinski definition) is 1. The van der Waals surface area contributed by atoms with Gasteiger partial charge in [-0.05, 0) is 37.7 Å². The van der Waals surface area contributed by atoms with Gasteiger partial charge in [-0.15, -0.1) is 0 Å². The molecule has 3 rings (SSSR count). The molecule has 0 bridgehead atoms. The summed E-state index contributed by atoms with van der Waals surface area (Å²) >= 11 is 0. The molecule has 0 atom stereocenters. The van der Waals surface area contributed by atoms with Crippen LogP contribution in [0.4, 0.5) is 5.82 Å². The Morgan fingerprint density at radius 2 is 2.00 bits per heavy atom. The average molecular weight is 273 g/mol. The molecule has 0 saturated heterocycles. The Morgan fingerprint density at radius 1 is 1.20 bits per heavy atom. The van der Waals surface area contributed by atoms with Crippen molar-refractivity contribution in [1.29, 1.82) is 0 Å². The fourth-order valence-corrected chi connectivity index (χ4v) is 3.30. The van der Waals surface area contributed by atoms with Gasteiger partial charge in [-0.2, -0.15) is 0 Å². The Labute approximate surface area is 122 Å². The summed E-state index contributed by atoms with van der Waals surface area (Å²) in [4.78, 5) is 7.00. The van der Waals surface area contributed by atoms with Crippen LogP contribution in [0.25, 0.3) is 0 Å². The van der Waals surface area contributed by atoms with Crippen molar-refractivity contribution >= 4 is 5.82 Å². The highest BCUT2D eigenvalue weighted by Gasteiger charge is 2.21. The summed E-state index contributed by atoms with van der Waals surface area (Å²) < 4.78 is 0. The van der Waals surface area contributed by atoms with E-state index in [0.717, 1.165) is 25.0 Å². The minimum Gasteiger partial charge on any atom is -0.359 e. The fourth-order valence-electron chi connectivity index (χ4n) is 3.30. The van der Waals surface area contributed by atoms with Crippen LogP contribution in [0, 0.1) is 5.92 Å². The predicted molar refractivity (Wildman–Crippen MR) is 83.9 cm³/mol. The average Bonchev–Trinajstić information content (AvgIpc) is 3.31. The minimum atomic E-state index is 0.756. The monoisotopic (exact) mass is 273 g/mol. The number of anilines is 1. The maximum Gasteiger partial charge on any atom is 0.132 e. The van der Waals surface area contributed by atoms with E-state index >= 15 is 0 Å². The lowest BCUT2D eigenvalue weighted by Gasteiger charge is -2.28. The first-order valence-corrected chi connectivity index (χ1v) is 8.21.